The smallest absolute Gasteiger partial charge is 0.242 e. The van der Waals surface area contributed by atoms with E-state index < -0.39 is 0 Å². The van der Waals surface area contributed by atoms with Crippen LogP contribution in [0.25, 0.3) is 0 Å². The second kappa shape index (κ2) is 8.25. The van der Waals surface area contributed by atoms with Crippen LogP contribution in [0.15, 0.2) is 36.4 Å². The van der Waals surface area contributed by atoms with E-state index in [0.717, 1.165) is 11.1 Å². The molecule has 0 saturated heterocycles. The van der Waals surface area contributed by atoms with E-state index >= 15 is 0 Å². The van der Waals surface area contributed by atoms with E-state index in [1.165, 1.54) is 0 Å². The zero-order chi connectivity index (χ0) is 18.5. The first-order chi connectivity index (χ1) is 12.6. The van der Waals surface area contributed by atoms with Crippen LogP contribution in [0.1, 0.15) is 11.1 Å². The largest absolute Gasteiger partial charge is 0.493 e. The van der Waals surface area contributed by atoms with Crippen LogP contribution in [0.3, 0.4) is 0 Å². The Morgan fingerprint density at radius 2 is 1.85 bits per heavy atom. The number of methoxy groups -OCH3 is 1. The van der Waals surface area contributed by atoms with Gasteiger partial charge in [-0.15, -0.1) is 0 Å². The van der Waals surface area contributed by atoms with E-state index in [0.29, 0.717) is 34.0 Å². The van der Waals surface area contributed by atoms with E-state index in [4.69, 9.17) is 32.7 Å². The van der Waals surface area contributed by atoms with Crippen molar-refractivity contribution in [2.45, 2.75) is 13.2 Å². The molecule has 136 valence electrons. The predicted octanol–water partition coefficient (Wildman–Crippen LogP) is 3.72. The number of nitrogens with zero attached hydrogens (tertiary/aromatic N) is 4. The first-order valence-corrected chi connectivity index (χ1v) is 8.53. The predicted molar refractivity (Wildman–Crippen MR) is 99.9 cm³/mol. The SMILES string of the molecule is COc1cccc(CNc2nnnn2C)c1OCc1c(Cl)cccc1Cl. The van der Waals surface area contributed by atoms with Crippen molar-refractivity contribution in [2.24, 2.45) is 7.05 Å². The molecular formula is C17H17Cl2N5O2. The Hall–Kier alpha value is -2.51. The number of para-hydroxylation sites is 1. The number of aromatic nitrogens is 4. The van der Waals surface area contributed by atoms with Crippen LogP contribution in [0.5, 0.6) is 11.5 Å². The molecule has 0 bridgehead atoms. The fraction of sp³-hybridized carbons (Fsp3) is 0.235. The van der Waals surface area contributed by atoms with Gasteiger partial charge in [0, 0.05) is 34.8 Å². The van der Waals surface area contributed by atoms with E-state index in [-0.39, 0.29) is 6.61 Å². The minimum Gasteiger partial charge on any atom is -0.493 e. The highest BCUT2D eigenvalue weighted by Gasteiger charge is 2.14. The summed E-state index contributed by atoms with van der Waals surface area (Å²) in [5, 5.41) is 15.6. The molecule has 0 spiro atoms. The lowest BCUT2D eigenvalue weighted by Crippen LogP contribution is -2.08. The van der Waals surface area contributed by atoms with Crippen molar-refractivity contribution in [3.63, 3.8) is 0 Å². The molecule has 26 heavy (non-hydrogen) atoms. The second-order valence-corrected chi connectivity index (χ2v) is 6.23. The van der Waals surface area contributed by atoms with Gasteiger partial charge in [-0.2, -0.15) is 0 Å². The molecule has 1 heterocycles. The summed E-state index contributed by atoms with van der Waals surface area (Å²) in [6.45, 7) is 0.675. The molecule has 0 radical (unpaired) electrons. The molecule has 0 saturated carbocycles. The van der Waals surface area contributed by atoms with Gasteiger partial charge in [-0.25, -0.2) is 4.68 Å². The molecular weight excluding hydrogens is 377 g/mol. The molecule has 0 atom stereocenters. The van der Waals surface area contributed by atoms with Gasteiger partial charge in [-0.05, 0) is 28.6 Å². The molecule has 3 rings (SSSR count). The fourth-order valence-electron chi connectivity index (χ4n) is 2.39. The molecule has 3 aromatic rings. The molecule has 0 fully saturated rings. The topological polar surface area (TPSA) is 74.1 Å². The zero-order valence-corrected chi connectivity index (χ0v) is 15.8. The van der Waals surface area contributed by atoms with E-state index in [2.05, 4.69) is 20.8 Å². The van der Waals surface area contributed by atoms with Crippen LogP contribution in [0, 0.1) is 0 Å². The Morgan fingerprint density at radius 3 is 2.50 bits per heavy atom. The number of hydrogen-bond donors (Lipinski definition) is 1. The first-order valence-electron chi connectivity index (χ1n) is 7.78. The average molecular weight is 394 g/mol. The molecule has 0 aliphatic carbocycles. The van der Waals surface area contributed by atoms with E-state index in [9.17, 15) is 0 Å². The lowest BCUT2D eigenvalue weighted by atomic mass is 10.1. The van der Waals surface area contributed by atoms with Crippen LogP contribution >= 0.6 is 23.2 Å². The molecule has 0 unspecified atom stereocenters. The Kier molecular flexibility index (Phi) is 5.80. The molecule has 0 aliphatic heterocycles. The van der Waals surface area contributed by atoms with E-state index in [1.807, 2.05) is 18.2 Å². The molecule has 2 aromatic carbocycles. The second-order valence-electron chi connectivity index (χ2n) is 5.42. The maximum Gasteiger partial charge on any atom is 0.242 e. The quantitative estimate of drug-likeness (QED) is 0.659. The Balaban J connectivity index is 1.82. The van der Waals surface area contributed by atoms with Gasteiger partial charge in [0.15, 0.2) is 11.5 Å². The molecule has 1 aromatic heterocycles. The van der Waals surface area contributed by atoms with Crippen molar-refractivity contribution in [1.82, 2.24) is 20.2 Å². The monoisotopic (exact) mass is 393 g/mol. The van der Waals surface area contributed by atoms with Crippen molar-refractivity contribution in [3.8, 4) is 11.5 Å². The number of nitrogens with one attached hydrogen (secondary N) is 1. The van der Waals surface area contributed by atoms with Crippen LogP contribution in [0.4, 0.5) is 5.95 Å². The van der Waals surface area contributed by atoms with E-state index in [1.54, 1.807) is 37.0 Å². The van der Waals surface area contributed by atoms with Crippen LogP contribution in [0.2, 0.25) is 10.0 Å². The van der Waals surface area contributed by atoms with Gasteiger partial charge in [0.05, 0.1) is 7.11 Å². The Bertz CT molecular complexity index is 880. The lowest BCUT2D eigenvalue weighted by molar-refractivity contribution is 0.282. The summed E-state index contributed by atoms with van der Waals surface area (Å²) < 4.78 is 13.0. The Labute approximate surface area is 160 Å². The summed E-state index contributed by atoms with van der Waals surface area (Å²) in [7, 11) is 3.35. The van der Waals surface area contributed by atoms with Crippen molar-refractivity contribution in [1.29, 1.82) is 0 Å². The number of halogens is 2. The summed E-state index contributed by atoms with van der Waals surface area (Å²) in [5.41, 5.74) is 1.61. The highest BCUT2D eigenvalue weighted by molar-refractivity contribution is 6.35. The molecule has 0 amide bonds. The number of ether oxygens (including phenoxy) is 2. The van der Waals surface area contributed by atoms with Gasteiger partial charge >= 0.3 is 0 Å². The van der Waals surface area contributed by atoms with Gasteiger partial charge in [0.2, 0.25) is 5.95 Å². The highest BCUT2D eigenvalue weighted by atomic mass is 35.5. The average Bonchev–Trinajstić information content (AvgIpc) is 3.04. The van der Waals surface area contributed by atoms with Crippen molar-refractivity contribution in [3.05, 3.63) is 57.6 Å². The minimum absolute atomic E-state index is 0.220. The van der Waals surface area contributed by atoms with Crippen LogP contribution < -0.4 is 14.8 Å². The van der Waals surface area contributed by atoms with Gasteiger partial charge in [-0.3, -0.25) is 0 Å². The number of rotatable bonds is 7. The van der Waals surface area contributed by atoms with Gasteiger partial charge < -0.3 is 14.8 Å². The number of tetrazole rings is 1. The standard InChI is InChI=1S/C17H17Cl2N5O2/c1-24-17(21-22-23-24)20-9-11-5-3-8-15(25-2)16(11)26-10-12-13(18)6-4-7-14(12)19/h3-8H,9-10H2,1-2H3,(H,20,21,23). The number of benzene rings is 2. The normalized spacial score (nSPS) is 10.6. The first kappa shape index (κ1) is 18.3. The summed E-state index contributed by atoms with van der Waals surface area (Å²) in [6, 6.07) is 11.0. The van der Waals surface area contributed by atoms with Crippen LogP contribution in [-0.2, 0) is 20.2 Å². The number of hydrogen-bond acceptors (Lipinski definition) is 6. The van der Waals surface area contributed by atoms with Crippen molar-refractivity contribution >= 4 is 29.2 Å². The van der Waals surface area contributed by atoms with Gasteiger partial charge in [-0.1, -0.05) is 46.5 Å². The van der Waals surface area contributed by atoms with Crippen molar-refractivity contribution < 1.29 is 9.47 Å². The summed E-state index contributed by atoms with van der Waals surface area (Å²) in [4.78, 5) is 0. The molecule has 9 heteroatoms. The maximum atomic E-state index is 6.22. The fourth-order valence-corrected chi connectivity index (χ4v) is 2.90. The third-order valence-corrected chi connectivity index (χ3v) is 4.47. The minimum atomic E-state index is 0.220. The Morgan fingerprint density at radius 1 is 1.12 bits per heavy atom. The number of anilines is 1. The zero-order valence-electron chi connectivity index (χ0n) is 14.2. The van der Waals surface area contributed by atoms with Gasteiger partial charge in [0.1, 0.15) is 6.61 Å². The lowest BCUT2D eigenvalue weighted by Gasteiger charge is -2.16. The third-order valence-electron chi connectivity index (χ3n) is 3.76. The summed E-state index contributed by atoms with van der Waals surface area (Å²) in [5.74, 6) is 1.77. The van der Waals surface area contributed by atoms with Crippen molar-refractivity contribution in [2.75, 3.05) is 12.4 Å². The van der Waals surface area contributed by atoms with Crippen LogP contribution in [-0.4, -0.2) is 27.3 Å². The number of aryl methyl sites for hydroxylation is 1. The summed E-state index contributed by atoms with van der Waals surface area (Å²) in [6.07, 6.45) is 0. The van der Waals surface area contributed by atoms with Gasteiger partial charge in [0.25, 0.3) is 0 Å². The summed E-state index contributed by atoms with van der Waals surface area (Å²) >= 11 is 12.4. The third kappa shape index (κ3) is 4.00. The highest BCUT2D eigenvalue weighted by Crippen LogP contribution is 2.34. The maximum absolute atomic E-state index is 6.22. The molecule has 1 N–H and O–H groups in total. The molecule has 0 aliphatic rings. The molecule has 7 nitrogen and oxygen atoms in total.